The third-order valence-electron chi connectivity index (χ3n) is 3.44. The van der Waals surface area contributed by atoms with Crippen LogP contribution in [0.1, 0.15) is 10.4 Å². The van der Waals surface area contributed by atoms with Crippen molar-refractivity contribution >= 4 is 29.2 Å². The predicted octanol–water partition coefficient (Wildman–Crippen LogP) is 1.81. The maximum atomic E-state index is 12.3. The molecule has 0 unspecified atom stereocenters. The number of nitrogens with one attached hydrogen (secondary N) is 2. The van der Waals surface area contributed by atoms with Gasteiger partial charge in [-0.2, -0.15) is 0 Å². The Kier molecular flexibility index (Phi) is 4.15. The monoisotopic (exact) mass is 326 g/mol. The molecule has 1 heterocycles. The molecule has 0 saturated heterocycles. The van der Waals surface area contributed by atoms with E-state index in [1.807, 2.05) is 0 Å². The molecular weight excluding hydrogens is 312 g/mol. The molecule has 1 aliphatic heterocycles. The molecule has 0 radical (unpaired) electrons. The summed E-state index contributed by atoms with van der Waals surface area (Å²) in [6.45, 7) is 0. The zero-order valence-corrected chi connectivity index (χ0v) is 12.7. The second-order valence-corrected chi connectivity index (χ2v) is 5.04. The summed E-state index contributed by atoms with van der Waals surface area (Å²) in [5, 5.41) is 5.20. The smallest absolute Gasteiger partial charge is 0.337 e. The quantitative estimate of drug-likeness (QED) is 0.663. The maximum absolute atomic E-state index is 12.3. The number of rotatable bonds is 3. The number of hydrogen-bond acceptors (Lipinski definition) is 5. The first-order valence-corrected chi connectivity index (χ1v) is 7.14. The van der Waals surface area contributed by atoms with Crippen LogP contribution in [0.2, 0.25) is 0 Å². The SMILES string of the molecule is COC(=O)c1ccc(NC(=O)[C@@H]2Oc3ccccc3NC2=O)cc1. The van der Waals surface area contributed by atoms with Gasteiger partial charge in [0.25, 0.3) is 17.9 Å². The molecule has 2 aromatic rings. The van der Waals surface area contributed by atoms with Crippen molar-refractivity contribution in [3.8, 4) is 5.75 Å². The molecule has 2 amide bonds. The van der Waals surface area contributed by atoms with Gasteiger partial charge in [0.1, 0.15) is 5.75 Å². The van der Waals surface area contributed by atoms with Gasteiger partial charge in [0, 0.05) is 5.69 Å². The molecule has 24 heavy (non-hydrogen) atoms. The summed E-state index contributed by atoms with van der Waals surface area (Å²) in [6, 6.07) is 13.0. The topological polar surface area (TPSA) is 93.7 Å². The van der Waals surface area contributed by atoms with Crippen LogP contribution >= 0.6 is 0 Å². The third kappa shape index (κ3) is 3.05. The van der Waals surface area contributed by atoms with Crippen molar-refractivity contribution in [3.05, 3.63) is 54.1 Å². The van der Waals surface area contributed by atoms with Crippen LogP contribution in [0, 0.1) is 0 Å². The molecule has 122 valence electrons. The van der Waals surface area contributed by atoms with E-state index in [9.17, 15) is 14.4 Å². The van der Waals surface area contributed by atoms with E-state index in [1.54, 1.807) is 36.4 Å². The van der Waals surface area contributed by atoms with E-state index in [4.69, 9.17) is 4.74 Å². The Bertz CT molecular complexity index is 801. The molecule has 2 aromatic carbocycles. The molecule has 0 saturated carbocycles. The minimum Gasteiger partial charge on any atom is -0.468 e. The van der Waals surface area contributed by atoms with Crippen molar-refractivity contribution in [2.45, 2.75) is 6.10 Å². The van der Waals surface area contributed by atoms with E-state index < -0.39 is 23.9 Å². The van der Waals surface area contributed by atoms with Gasteiger partial charge in [-0.25, -0.2) is 4.79 Å². The number of methoxy groups -OCH3 is 1. The zero-order chi connectivity index (χ0) is 17.1. The maximum Gasteiger partial charge on any atom is 0.337 e. The second kappa shape index (κ2) is 6.41. The Hall–Kier alpha value is -3.35. The Morgan fingerprint density at radius 2 is 1.83 bits per heavy atom. The molecular formula is C17H14N2O5. The van der Waals surface area contributed by atoms with Crippen LogP contribution in [0.15, 0.2) is 48.5 Å². The summed E-state index contributed by atoms with van der Waals surface area (Å²) in [6.07, 6.45) is -1.29. The van der Waals surface area contributed by atoms with Crippen LogP contribution < -0.4 is 15.4 Å². The molecule has 0 bridgehead atoms. The molecule has 7 heteroatoms. The fourth-order valence-corrected chi connectivity index (χ4v) is 2.24. The van der Waals surface area contributed by atoms with Gasteiger partial charge >= 0.3 is 5.97 Å². The van der Waals surface area contributed by atoms with E-state index in [2.05, 4.69) is 15.4 Å². The first-order valence-electron chi connectivity index (χ1n) is 7.14. The Balaban J connectivity index is 1.71. The van der Waals surface area contributed by atoms with Crippen molar-refractivity contribution in [1.82, 2.24) is 0 Å². The van der Waals surface area contributed by atoms with Gasteiger partial charge in [-0.1, -0.05) is 12.1 Å². The van der Waals surface area contributed by atoms with Crippen molar-refractivity contribution in [1.29, 1.82) is 0 Å². The number of carbonyl (C=O) groups is 3. The summed E-state index contributed by atoms with van der Waals surface area (Å²) in [7, 11) is 1.29. The van der Waals surface area contributed by atoms with Gasteiger partial charge in [-0.05, 0) is 36.4 Å². The summed E-state index contributed by atoms with van der Waals surface area (Å²) in [5.74, 6) is -1.19. The number of benzene rings is 2. The number of ether oxygens (including phenoxy) is 2. The standard InChI is InChI=1S/C17H14N2O5/c1-23-17(22)10-6-8-11(9-7-10)18-15(20)14-16(21)19-12-4-2-3-5-13(12)24-14/h2-9,14H,1H3,(H,18,20)(H,19,21)/t14-/m0/s1. The largest absolute Gasteiger partial charge is 0.468 e. The fraction of sp³-hybridized carbons (Fsp3) is 0.118. The first-order chi connectivity index (χ1) is 11.6. The van der Waals surface area contributed by atoms with Crippen LogP contribution in [-0.2, 0) is 14.3 Å². The zero-order valence-electron chi connectivity index (χ0n) is 12.7. The molecule has 0 spiro atoms. The second-order valence-electron chi connectivity index (χ2n) is 5.04. The number of hydrogen-bond donors (Lipinski definition) is 2. The van der Waals surface area contributed by atoms with Crippen LogP contribution in [0.4, 0.5) is 11.4 Å². The van der Waals surface area contributed by atoms with Gasteiger partial charge < -0.3 is 20.1 Å². The third-order valence-corrected chi connectivity index (χ3v) is 3.44. The highest BCUT2D eigenvalue weighted by molar-refractivity contribution is 6.15. The fourth-order valence-electron chi connectivity index (χ4n) is 2.24. The van der Waals surface area contributed by atoms with Gasteiger partial charge in [0.05, 0.1) is 18.4 Å². The van der Waals surface area contributed by atoms with E-state index in [0.29, 0.717) is 22.7 Å². The Morgan fingerprint density at radius 1 is 1.12 bits per heavy atom. The number of amides is 2. The van der Waals surface area contributed by atoms with Crippen molar-refractivity contribution in [2.24, 2.45) is 0 Å². The molecule has 1 atom stereocenters. The number of anilines is 2. The Morgan fingerprint density at radius 3 is 2.54 bits per heavy atom. The van der Waals surface area contributed by atoms with Crippen LogP contribution in [0.5, 0.6) is 5.75 Å². The lowest BCUT2D eigenvalue weighted by molar-refractivity contribution is -0.133. The van der Waals surface area contributed by atoms with Gasteiger partial charge in [-0.3, -0.25) is 9.59 Å². The molecule has 2 N–H and O–H groups in total. The highest BCUT2D eigenvalue weighted by Crippen LogP contribution is 2.29. The van der Waals surface area contributed by atoms with Crippen molar-refractivity contribution < 1.29 is 23.9 Å². The van der Waals surface area contributed by atoms with Crippen LogP contribution in [0.25, 0.3) is 0 Å². The van der Waals surface area contributed by atoms with Crippen LogP contribution in [0.3, 0.4) is 0 Å². The van der Waals surface area contributed by atoms with Crippen molar-refractivity contribution in [3.63, 3.8) is 0 Å². The lowest BCUT2D eigenvalue weighted by Gasteiger charge is -2.24. The number of carbonyl (C=O) groups excluding carboxylic acids is 3. The summed E-state index contributed by atoms with van der Waals surface area (Å²) < 4.78 is 10.1. The molecule has 0 aliphatic carbocycles. The summed E-state index contributed by atoms with van der Waals surface area (Å²) >= 11 is 0. The number of para-hydroxylation sites is 2. The number of esters is 1. The normalized spacial score (nSPS) is 15.5. The number of fused-ring (bicyclic) bond motifs is 1. The lowest BCUT2D eigenvalue weighted by atomic mass is 10.2. The molecule has 1 aliphatic rings. The highest BCUT2D eigenvalue weighted by Gasteiger charge is 2.33. The lowest BCUT2D eigenvalue weighted by Crippen LogP contribution is -2.45. The molecule has 3 rings (SSSR count). The Labute approximate surface area is 137 Å². The van der Waals surface area contributed by atoms with E-state index in [-0.39, 0.29) is 0 Å². The van der Waals surface area contributed by atoms with E-state index in [0.717, 1.165) is 0 Å². The van der Waals surface area contributed by atoms with E-state index in [1.165, 1.54) is 19.2 Å². The van der Waals surface area contributed by atoms with Crippen LogP contribution in [-0.4, -0.2) is 31.0 Å². The molecule has 0 fully saturated rings. The average Bonchev–Trinajstić information content (AvgIpc) is 2.61. The highest BCUT2D eigenvalue weighted by atomic mass is 16.5. The van der Waals surface area contributed by atoms with Gasteiger partial charge in [0.2, 0.25) is 0 Å². The minimum absolute atomic E-state index is 0.357. The molecule has 7 nitrogen and oxygen atoms in total. The summed E-state index contributed by atoms with van der Waals surface area (Å²) in [5.41, 5.74) is 1.31. The first kappa shape index (κ1) is 15.5. The van der Waals surface area contributed by atoms with Gasteiger partial charge in [-0.15, -0.1) is 0 Å². The minimum atomic E-state index is -1.29. The summed E-state index contributed by atoms with van der Waals surface area (Å²) in [4.78, 5) is 35.7. The average molecular weight is 326 g/mol. The predicted molar refractivity (Wildman–Crippen MR) is 85.9 cm³/mol. The van der Waals surface area contributed by atoms with Crippen molar-refractivity contribution in [2.75, 3.05) is 17.7 Å². The van der Waals surface area contributed by atoms with Gasteiger partial charge in [0.15, 0.2) is 0 Å². The van der Waals surface area contributed by atoms with E-state index >= 15 is 0 Å². The molecule has 0 aromatic heterocycles.